The molecule has 15 heavy (non-hydrogen) atoms. The van der Waals surface area contributed by atoms with E-state index in [4.69, 9.17) is 10.5 Å². The lowest BCUT2D eigenvalue weighted by molar-refractivity contribution is -0.137. The van der Waals surface area contributed by atoms with Gasteiger partial charge in [-0.1, -0.05) is 0 Å². The largest absolute Gasteiger partial charge is 0.477 e. The number of carboxylic acids is 1. The molecule has 4 nitrogen and oxygen atoms in total. The fraction of sp³-hybridized carbons (Fsp3) is 0.125. The Balaban J connectivity index is 3.34. The molecule has 0 saturated heterocycles. The molecule has 0 heterocycles. The van der Waals surface area contributed by atoms with Gasteiger partial charge in [0.1, 0.15) is 0 Å². The van der Waals surface area contributed by atoms with Gasteiger partial charge in [-0.25, -0.2) is 4.79 Å². The van der Waals surface area contributed by atoms with Crippen LogP contribution in [0.1, 0.15) is 15.9 Å². The van der Waals surface area contributed by atoms with Gasteiger partial charge in [0.2, 0.25) is 5.39 Å². The van der Waals surface area contributed by atoms with Crippen molar-refractivity contribution in [3.8, 4) is 0 Å². The first kappa shape index (κ1) is 11.0. The molecule has 0 aromatic heterocycles. The Morgan fingerprint density at radius 1 is 1.40 bits per heavy atom. The predicted octanol–water partition coefficient (Wildman–Crippen LogP) is 2.89. The van der Waals surface area contributed by atoms with Crippen LogP contribution in [0.15, 0.2) is 18.2 Å². The van der Waals surface area contributed by atoms with E-state index in [-0.39, 0.29) is 0 Å². The Hall–Kier alpha value is -2.10. The molecule has 0 aliphatic rings. The highest BCUT2D eigenvalue weighted by Crippen LogP contribution is 2.33. The zero-order valence-corrected chi connectivity index (χ0v) is 7.12. The third-order valence-corrected chi connectivity index (χ3v) is 1.66. The van der Waals surface area contributed by atoms with Crippen molar-refractivity contribution in [1.82, 2.24) is 0 Å². The van der Waals surface area contributed by atoms with Gasteiger partial charge < -0.3 is 5.11 Å². The Morgan fingerprint density at radius 3 is 2.40 bits per heavy atom. The van der Waals surface area contributed by atoms with Gasteiger partial charge in [0.15, 0.2) is 10.5 Å². The van der Waals surface area contributed by atoms with Crippen molar-refractivity contribution in [2.24, 2.45) is 0 Å². The normalized spacial score (nSPS) is 10.8. The first-order chi connectivity index (χ1) is 6.86. The molecule has 78 valence electrons. The number of rotatable bonds is 1. The molecule has 7 heteroatoms. The molecule has 0 unspecified atom stereocenters. The summed E-state index contributed by atoms with van der Waals surface area (Å²) in [4.78, 5) is 13.0. The van der Waals surface area contributed by atoms with Gasteiger partial charge in [-0.05, 0) is 12.1 Å². The van der Waals surface area contributed by atoms with E-state index < -0.39 is 29.0 Å². The molecular weight excluding hydrogens is 213 g/mol. The van der Waals surface area contributed by atoms with Gasteiger partial charge in [0.05, 0.1) is 5.56 Å². The number of carboxylic acid groups (broad SMARTS) is 1. The molecule has 1 N–H and O–H groups in total. The summed E-state index contributed by atoms with van der Waals surface area (Å²) in [6.07, 6.45) is -4.60. The maximum absolute atomic E-state index is 12.2. The number of benzene rings is 1. The van der Waals surface area contributed by atoms with Gasteiger partial charge in [-0.2, -0.15) is 13.2 Å². The minimum Gasteiger partial charge on any atom is -0.477 e. The maximum atomic E-state index is 12.2. The highest BCUT2D eigenvalue weighted by Gasteiger charge is 2.34. The molecule has 0 amide bonds. The SMILES string of the molecule is N#[N+]c1cc(C(F)(F)F)ccc1C(=O)O. The summed E-state index contributed by atoms with van der Waals surface area (Å²) in [6, 6.07) is 1.81. The summed E-state index contributed by atoms with van der Waals surface area (Å²) < 4.78 is 36.5. The number of nitrogens with zero attached hydrogens (tertiary/aromatic N) is 2. The number of diazo groups is 1. The van der Waals surface area contributed by atoms with Crippen molar-refractivity contribution in [2.45, 2.75) is 6.18 Å². The van der Waals surface area contributed by atoms with E-state index in [0.717, 1.165) is 6.07 Å². The van der Waals surface area contributed by atoms with Crippen LogP contribution in [0.3, 0.4) is 0 Å². The van der Waals surface area contributed by atoms with Crippen molar-refractivity contribution >= 4 is 11.7 Å². The van der Waals surface area contributed by atoms with Crippen LogP contribution in [0.5, 0.6) is 0 Å². The highest BCUT2D eigenvalue weighted by atomic mass is 19.4. The zero-order chi connectivity index (χ0) is 11.6. The molecule has 1 aromatic rings. The van der Waals surface area contributed by atoms with Gasteiger partial charge >= 0.3 is 17.8 Å². The third kappa shape index (κ3) is 2.22. The molecule has 0 spiro atoms. The van der Waals surface area contributed by atoms with Crippen LogP contribution in [0.4, 0.5) is 18.9 Å². The first-order valence-corrected chi connectivity index (χ1v) is 3.66. The van der Waals surface area contributed by atoms with Gasteiger partial charge in [-0.15, -0.1) is 0 Å². The molecule has 0 fully saturated rings. The lowest BCUT2D eigenvalue weighted by Crippen LogP contribution is -2.06. The second-order valence-corrected chi connectivity index (χ2v) is 2.63. The van der Waals surface area contributed by atoms with Crippen LogP contribution in [0.25, 0.3) is 4.98 Å². The smallest absolute Gasteiger partial charge is 0.416 e. The minimum atomic E-state index is -4.60. The molecule has 0 bridgehead atoms. The highest BCUT2D eigenvalue weighted by molar-refractivity contribution is 5.94. The summed E-state index contributed by atoms with van der Waals surface area (Å²) in [7, 11) is 0. The molecule has 0 aliphatic heterocycles. The molecule has 0 aliphatic carbocycles. The van der Waals surface area contributed by atoms with Gasteiger partial charge in [-0.3, -0.25) is 0 Å². The van der Waals surface area contributed by atoms with Crippen LogP contribution in [0.2, 0.25) is 0 Å². The van der Waals surface area contributed by atoms with E-state index in [1.165, 1.54) is 0 Å². The summed E-state index contributed by atoms with van der Waals surface area (Å²) in [5.41, 5.74) is -2.19. The first-order valence-electron chi connectivity index (χ1n) is 3.66. The predicted molar refractivity (Wildman–Crippen MR) is 43.1 cm³/mol. The quantitative estimate of drug-likeness (QED) is 0.735. The molecule has 0 saturated carbocycles. The lowest BCUT2D eigenvalue weighted by atomic mass is 10.1. The number of hydrogen-bond acceptors (Lipinski definition) is 2. The number of hydrogen-bond donors (Lipinski definition) is 1. The third-order valence-electron chi connectivity index (χ3n) is 1.66. The van der Waals surface area contributed by atoms with Crippen LogP contribution < -0.4 is 0 Å². The topological polar surface area (TPSA) is 65.5 Å². The number of aromatic carboxylic acids is 1. The molecule has 0 atom stereocenters. The van der Waals surface area contributed by atoms with E-state index in [9.17, 15) is 18.0 Å². The van der Waals surface area contributed by atoms with Crippen LogP contribution in [-0.2, 0) is 6.18 Å². The Morgan fingerprint density at radius 2 is 2.00 bits per heavy atom. The average molecular weight is 217 g/mol. The van der Waals surface area contributed by atoms with Gasteiger partial charge in [0, 0.05) is 6.07 Å². The van der Waals surface area contributed by atoms with Gasteiger partial charge in [0.25, 0.3) is 0 Å². The summed E-state index contributed by atoms with van der Waals surface area (Å²) in [6.45, 7) is 0. The number of halogens is 3. The van der Waals surface area contributed by atoms with Crippen LogP contribution in [-0.4, -0.2) is 11.1 Å². The van der Waals surface area contributed by atoms with Crippen LogP contribution >= 0.6 is 0 Å². The number of carbonyl (C=O) groups is 1. The Bertz CT molecular complexity index is 448. The summed E-state index contributed by atoms with van der Waals surface area (Å²) >= 11 is 0. The van der Waals surface area contributed by atoms with Crippen molar-refractivity contribution < 1.29 is 23.1 Å². The minimum absolute atomic E-state index is 0.462. The van der Waals surface area contributed by atoms with Crippen molar-refractivity contribution in [3.63, 3.8) is 0 Å². The van der Waals surface area contributed by atoms with E-state index in [1.807, 2.05) is 0 Å². The van der Waals surface area contributed by atoms with E-state index in [2.05, 4.69) is 4.98 Å². The average Bonchev–Trinajstić information content (AvgIpc) is 2.15. The summed E-state index contributed by atoms with van der Waals surface area (Å²) in [5.74, 6) is -1.46. The maximum Gasteiger partial charge on any atom is 0.416 e. The Kier molecular flexibility index (Phi) is 2.61. The van der Waals surface area contributed by atoms with Crippen molar-refractivity contribution in [2.75, 3.05) is 0 Å². The lowest BCUT2D eigenvalue weighted by Gasteiger charge is -2.04. The standard InChI is InChI=1S/C8H3F3N2O2/c9-8(10,11)4-1-2-5(7(14)15)6(3-4)13-12/h1-3H/p+1. The summed E-state index contributed by atoms with van der Waals surface area (Å²) in [5, 5.41) is 16.9. The fourth-order valence-corrected chi connectivity index (χ4v) is 0.972. The molecule has 1 aromatic carbocycles. The van der Waals surface area contributed by atoms with Crippen molar-refractivity contribution in [1.29, 1.82) is 5.39 Å². The zero-order valence-electron chi connectivity index (χ0n) is 7.12. The molecule has 1 rings (SSSR count). The molecule has 0 radical (unpaired) electrons. The van der Waals surface area contributed by atoms with E-state index in [0.29, 0.717) is 12.1 Å². The van der Waals surface area contributed by atoms with Crippen LogP contribution in [0, 0.1) is 5.39 Å². The van der Waals surface area contributed by atoms with Crippen molar-refractivity contribution in [3.05, 3.63) is 34.3 Å². The van der Waals surface area contributed by atoms with E-state index in [1.54, 1.807) is 0 Å². The monoisotopic (exact) mass is 217 g/mol. The van der Waals surface area contributed by atoms with E-state index >= 15 is 0 Å². The number of alkyl halides is 3. The molecular formula is C8H4F3N2O2+. The second kappa shape index (κ2) is 3.57. The second-order valence-electron chi connectivity index (χ2n) is 2.63. The fourth-order valence-electron chi connectivity index (χ4n) is 0.972. The Labute approximate surface area is 81.6 Å².